The van der Waals surface area contributed by atoms with Crippen molar-refractivity contribution in [3.8, 4) is 0 Å². The summed E-state index contributed by atoms with van der Waals surface area (Å²) in [6, 6.07) is 23.8. The number of piperazine rings is 1. The molecule has 1 fully saturated rings. The van der Waals surface area contributed by atoms with Crippen molar-refractivity contribution < 1.29 is 9.59 Å². The topological polar surface area (TPSA) is 56.4 Å². The highest BCUT2D eigenvalue weighted by Crippen LogP contribution is 2.42. The van der Waals surface area contributed by atoms with Gasteiger partial charge >= 0.3 is 0 Å². The Hall–Kier alpha value is -3.86. The maximum Gasteiger partial charge on any atom is 0.246 e. The molecule has 4 aromatic rings. The van der Waals surface area contributed by atoms with Gasteiger partial charge in [0.25, 0.3) is 0 Å². The third-order valence-corrected chi connectivity index (χ3v) is 7.19. The Kier molecular flexibility index (Phi) is 4.80. The van der Waals surface area contributed by atoms with E-state index in [0.29, 0.717) is 13.0 Å². The maximum atomic E-state index is 13.8. The molecule has 2 atom stereocenters. The van der Waals surface area contributed by atoms with Gasteiger partial charge in [0.2, 0.25) is 11.8 Å². The molecule has 34 heavy (non-hydrogen) atoms. The molecule has 170 valence electrons. The Labute approximate surface area is 199 Å². The number of hydrogen-bond acceptors (Lipinski definition) is 2. The highest BCUT2D eigenvalue weighted by Gasteiger charge is 2.48. The third kappa shape index (κ3) is 3.31. The van der Waals surface area contributed by atoms with Crippen molar-refractivity contribution in [2.75, 3.05) is 6.54 Å². The van der Waals surface area contributed by atoms with E-state index in [9.17, 15) is 9.59 Å². The monoisotopic (exact) mass is 449 g/mol. The molecule has 2 aliphatic heterocycles. The van der Waals surface area contributed by atoms with Gasteiger partial charge in [-0.1, -0.05) is 77.9 Å². The molecule has 0 bridgehead atoms. The number of rotatable bonds is 3. The van der Waals surface area contributed by atoms with Crippen LogP contribution in [0.2, 0.25) is 0 Å². The fourth-order valence-electron chi connectivity index (χ4n) is 5.56. The van der Waals surface area contributed by atoms with Gasteiger partial charge < -0.3 is 14.8 Å². The molecule has 0 spiro atoms. The van der Waals surface area contributed by atoms with Crippen LogP contribution in [-0.4, -0.2) is 39.2 Å². The molecule has 0 unspecified atom stereocenters. The summed E-state index contributed by atoms with van der Waals surface area (Å²) in [5, 5.41) is 1.13. The average molecular weight is 450 g/mol. The van der Waals surface area contributed by atoms with Gasteiger partial charge in [-0.25, -0.2) is 0 Å². The summed E-state index contributed by atoms with van der Waals surface area (Å²) in [6.07, 6.45) is 0.524. The molecular formula is C29H27N3O2. The molecule has 1 saturated heterocycles. The smallest absolute Gasteiger partial charge is 0.246 e. The molecule has 2 amide bonds. The number of aromatic nitrogens is 1. The zero-order chi connectivity index (χ0) is 23.4. The number of amides is 2. The molecule has 0 saturated carbocycles. The first-order chi connectivity index (χ1) is 16.5. The summed E-state index contributed by atoms with van der Waals surface area (Å²) in [7, 11) is 0. The van der Waals surface area contributed by atoms with E-state index in [1.165, 1.54) is 5.56 Å². The second-order valence-electron chi connectivity index (χ2n) is 9.58. The third-order valence-electron chi connectivity index (χ3n) is 7.19. The summed E-state index contributed by atoms with van der Waals surface area (Å²) in [4.78, 5) is 34.6. The van der Waals surface area contributed by atoms with Crippen molar-refractivity contribution in [2.45, 2.75) is 38.9 Å². The highest BCUT2D eigenvalue weighted by molar-refractivity contribution is 5.97. The van der Waals surface area contributed by atoms with Crippen LogP contribution in [0.3, 0.4) is 0 Å². The van der Waals surface area contributed by atoms with E-state index < -0.39 is 6.04 Å². The predicted molar refractivity (Wildman–Crippen MR) is 132 cm³/mol. The summed E-state index contributed by atoms with van der Waals surface area (Å²) in [5.41, 5.74) is 7.59. The van der Waals surface area contributed by atoms with Crippen LogP contribution in [0.4, 0.5) is 0 Å². The van der Waals surface area contributed by atoms with Crippen molar-refractivity contribution in [3.05, 3.63) is 106 Å². The Morgan fingerprint density at radius 1 is 0.912 bits per heavy atom. The van der Waals surface area contributed by atoms with E-state index in [4.69, 9.17) is 0 Å². The minimum atomic E-state index is -0.510. The average Bonchev–Trinajstić information content (AvgIpc) is 3.21. The molecule has 1 aromatic heterocycles. The molecule has 5 heteroatoms. The summed E-state index contributed by atoms with van der Waals surface area (Å²) in [5.74, 6) is 0.0151. The van der Waals surface area contributed by atoms with Gasteiger partial charge in [-0.3, -0.25) is 9.59 Å². The Balaban J connectivity index is 1.45. The number of fused-ring (bicyclic) bond motifs is 4. The van der Waals surface area contributed by atoms with E-state index in [1.54, 1.807) is 4.90 Å². The van der Waals surface area contributed by atoms with Crippen LogP contribution in [0, 0.1) is 13.8 Å². The van der Waals surface area contributed by atoms with Crippen LogP contribution in [0.15, 0.2) is 72.8 Å². The summed E-state index contributed by atoms with van der Waals surface area (Å²) >= 11 is 0. The number of benzene rings is 3. The molecule has 3 heterocycles. The zero-order valence-corrected chi connectivity index (χ0v) is 19.4. The Morgan fingerprint density at radius 3 is 2.50 bits per heavy atom. The summed E-state index contributed by atoms with van der Waals surface area (Å²) < 4.78 is 0. The minimum Gasteiger partial charge on any atom is -0.356 e. The fourth-order valence-corrected chi connectivity index (χ4v) is 5.56. The minimum absolute atomic E-state index is 0.00692. The van der Waals surface area contributed by atoms with E-state index in [-0.39, 0.29) is 24.4 Å². The van der Waals surface area contributed by atoms with Gasteiger partial charge in [0.1, 0.15) is 12.6 Å². The molecule has 2 aliphatic rings. The van der Waals surface area contributed by atoms with Crippen LogP contribution in [-0.2, 0) is 22.6 Å². The first-order valence-corrected chi connectivity index (χ1v) is 11.8. The van der Waals surface area contributed by atoms with Crippen LogP contribution in [0.25, 0.3) is 10.9 Å². The standard InChI is InChI=1S/C29H27N3O2/c1-18-10-12-20(13-11-18)16-31-17-26(33)32-25(29(31)34)15-23-22-8-3-4-9-24(22)30-27(23)28(32)21-7-5-6-19(2)14-21/h3-14,25,28,30H,15-17H2,1-2H3/t25-,28-/m0/s1. The summed E-state index contributed by atoms with van der Waals surface area (Å²) in [6.45, 7) is 4.65. The first-order valence-electron chi connectivity index (χ1n) is 11.8. The fraction of sp³-hybridized carbons (Fsp3) is 0.241. The highest BCUT2D eigenvalue weighted by atomic mass is 16.2. The van der Waals surface area contributed by atoms with Crippen molar-refractivity contribution in [3.63, 3.8) is 0 Å². The van der Waals surface area contributed by atoms with E-state index in [0.717, 1.165) is 38.9 Å². The number of carbonyl (C=O) groups excluding carboxylic acids is 2. The molecule has 0 aliphatic carbocycles. The van der Waals surface area contributed by atoms with E-state index >= 15 is 0 Å². The van der Waals surface area contributed by atoms with Crippen LogP contribution < -0.4 is 0 Å². The number of aromatic amines is 1. The Morgan fingerprint density at radius 2 is 1.71 bits per heavy atom. The molecular weight excluding hydrogens is 422 g/mol. The molecule has 1 N–H and O–H groups in total. The van der Waals surface area contributed by atoms with Crippen LogP contribution in [0.1, 0.15) is 39.6 Å². The lowest BCUT2D eigenvalue weighted by Crippen LogP contribution is -2.62. The quantitative estimate of drug-likeness (QED) is 0.494. The number of carbonyl (C=O) groups is 2. The van der Waals surface area contributed by atoms with Crippen LogP contribution in [0.5, 0.6) is 0 Å². The van der Waals surface area contributed by atoms with Gasteiger partial charge in [-0.2, -0.15) is 0 Å². The van der Waals surface area contributed by atoms with Crippen molar-refractivity contribution in [1.29, 1.82) is 0 Å². The largest absolute Gasteiger partial charge is 0.356 e. The van der Waals surface area contributed by atoms with Gasteiger partial charge in [0.05, 0.1) is 6.04 Å². The SMILES string of the molecule is Cc1ccc(CN2CC(=O)N3[C@@H](c4cccc(C)c4)c4[nH]c5ccccc5c4C[C@H]3C2=O)cc1. The van der Waals surface area contributed by atoms with E-state index in [2.05, 4.69) is 42.2 Å². The van der Waals surface area contributed by atoms with Crippen molar-refractivity contribution in [2.24, 2.45) is 0 Å². The lowest BCUT2D eigenvalue weighted by atomic mass is 9.86. The first kappa shape index (κ1) is 20.7. The normalized spacial score (nSPS) is 19.9. The second kappa shape index (κ2) is 7.87. The predicted octanol–water partition coefficient (Wildman–Crippen LogP) is 4.67. The molecule has 3 aromatic carbocycles. The molecule has 6 rings (SSSR count). The number of aryl methyl sites for hydroxylation is 2. The van der Waals surface area contributed by atoms with Crippen molar-refractivity contribution >= 4 is 22.7 Å². The van der Waals surface area contributed by atoms with E-state index in [1.807, 2.05) is 54.3 Å². The van der Waals surface area contributed by atoms with Gasteiger partial charge in [-0.05, 0) is 36.6 Å². The molecule has 5 nitrogen and oxygen atoms in total. The lowest BCUT2D eigenvalue weighted by molar-refractivity contribution is -0.159. The number of H-pyrrole nitrogens is 1. The number of hydrogen-bond donors (Lipinski definition) is 1. The lowest BCUT2D eigenvalue weighted by Gasteiger charge is -2.47. The van der Waals surface area contributed by atoms with Gasteiger partial charge in [0.15, 0.2) is 0 Å². The van der Waals surface area contributed by atoms with Gasteiger partial charge in [0, 0.05) is 29.6 Å². The number of nitrogens with zero attached hydrogens (tertiary/aromatic N) is 2. The second-order valence-corrected chi connectivity index (χ2v) is 9.58. The maximum absolute atomic E-state index is 13.8. The Bertz CT molecular complexity index is 1420. The van der Waals surface area contributed by atoms with Crippen molar-refractivity contribution in [1.82, 2.24) is 14.8 Å². The van der Waals surface area contributed by atoms with Gasteiger partial charge in [-0.15, -0.1) is 0 Å². The number of nitrogens with one attached hydrogen (secondary N) is 1. The zero-order valence-electron chi connectivity index (χ0n) is 19.4. The van der Waals surface area contributed by atoms with Crippen LogP contribution >= 0.6 is 0 Å². The molecule has 0 radical (unpaired) electrons. The number of para-hydroxylation sites is 1.